The van der Waals surface area contributed by atoms with Gasteiger partial charge in [-0.3, -0.25) is 0 Å². The zero-order chi connectivity index (χ0) is 14.8. The third-order valence-electron chi connectivity index (χ3n) is 2.69. The van der Waals surface area contributed by atoms with Gasteiger partial charge in [0, 0.05) is 11.1 Å². The molecule has 2 nitrogen and oxygen atoms in total. The number of hydrogen-bond donors (Lipinski definition) is 1. The first kappa shape index (κ1) is 14.0. The van der Waals surface area contributed by atoms with E-state index in [4.69, 9.17) is 5.21 Å². The third-order valence-corrected chi connectivity index (χ3v) is 2.69. The van der Waals surface area contributed by atoms with E-state index < -0.39 is 17.6 Å². The molecular weight excluding hydrogens is 274 g/mol. The Labute approximate surface area is 112 Å². The molecule has 2 aromatic carbocycles. The van der Waals surface area contributed by atoms with Gasteiger partial charge in [-0.05, 0) is 18.2 Å². The fourth-order valence-corrected chi connectivity index (χ4v) is 1.77. The van der Waals surface area contributed by atoms with Gasteiger partial charge >= 0.3 is 6.18 Å². The Balaban J connectivity index is 2.53. The molecule has 0 atom stereocenters. The van der Waals surface area contributed by atoms with Crippen LogP contribution in [0.5, 0.6) is 0 Å². The van der Waals surface area contributed by atoms with E-state index in [0.29, 0.717) is 17.7 Å². The van der Waals surface area contributed by atoms with E-state index >= 15 is 0 Å². The van der Waals surface area contributed by atoms with Crippen LogP contribution in [-0.4, -0.2) is 10.9 Å². The minimum Gasteiger partial charge on any atom is -0.410 e. The summed E-state index contributed by atoms with van der Waals surface area (Å²) in [5.41, 5.74) is -1.05. The number of benzene rings is 2. The molecule has 0 bridgehead atoms. The summed E-state index contributed by atoms with van der Waals surface area (Å²) in [6.45, 7) is 0. The lowest BCUT2D eigenvalue weighted by Crippen LogP contribution is -2.11. The molecule has 0 spiro atoms. The summed E-state index contributed by atoms with van der Waals surface area (Å²) in [7, 11) is 0. The number of halogens is 4. The number of alkyl halides is 3. The highest BCUT2D eigenvalue weighted by molar-refractivity contribution is 6.12. The molecule has 104 valence electrons. The van der Waals surface area contributed by atoms with Gasteiger partial charge in [-0.25, -0.2) is 4.39 Å². The van der Waals surface area contributed by atoms with Gasteiger partial charge in [-0.2, -0.15) is 13.2 Å². The highest BCUT2D eigenvalue weighted by Gasteiger charge is 2.34. The predicted molar refractivity (Wildman–Crippen MR) is 65.3 cm³/mol. The number of hydrogen-bond acceptors (Lipinski definition) is 2. The minimum absolute atomic E-state index is 0.0209. The topological polar surface area (TPSA) is 32.6 Å². The Morgan fingerprint density at radius 3 is 2.15 bits per heavy atom. The molecule has 0 saturated heterocycles. The summed E-state index contributed by atoms with van der Waals surface area (Å²) < 4.78 is 51.2. The summed E-state index contributed by atoms with van der Waals surface area (Å²) in [5.74, 6) is -1.37. The van der Waals surface area contributed by atoms with E-state index in [0.717, 1.165) is 6.07 Å². The fourth-order valence-electron chi connectivity index (χ4n) is 1.77. The molecule has 6 heteroatoms. The van der Waals surface area contributed by atoms with Crippen LogP contribution in [0.3, 0.4) is 0 Å². The van der Waals surface area contributed by atoms with E-state index in [1.165, 1.54) is 0 Å². The van der Waals surface area contributed by atoms with Gasteiger partial charge in [0.25, 0.3) is 0 Å². The Bertz CT molecular complexity index is 635. The maximum absolute atomic E-state index is 13.2. The summed E-state index contributed by atoms with van der Waals surface area (Å²) in [4.78, 5) is 0. The lowest BCUT2D eigenvalue weighted by atomic mass is 10.00. The predicted octanol–water partition coefficient (Wildman–Crippen LogP) is 4.07. The standard InChI is InChI=1S/C14H9F4NO/c15-12-7-6-10(8-11(12)14(16,17)18)13(19-20)9-4-2-1-3-5-9/h1-8,20H. The van der Waals surface area contributed by atoms with Gasteiger partial charge in [-0.15, -0.1) is 0 Å². The monoisotopic (exact) mass is 283 g/mol. The quantitative estimate of drug-likeness (QED) is 0.383. The van der Waals surface area contributed by atoms with Gasteiger partial charge in [0.15, 0.2) is 0 Å². The van der Waals surface area contributed by atoms with Crippen molar-refractivity contribution >= 4 is 5.71 Å². The van der Waals surface area contributed by atoms with Crippen LogP contribution in [0.2, 0.25) is 0 Å². The SMILES string of the molecule is ON=C(c1ccccc1)c1ccc(F)c(C(F)(F)F)c1. The van der Waals surface area contributed by atoms with Gasteiger partial charge < -0.3 is 5.21 Å². The van der Waals surface area contributed by atoms with E-state index in [2.05, 4.69) is 5.16 Å². The summed E-state index contributed by atoms with van der Waals surface area (Å²) in [6, 6.07) is 10.6. The maximum atomic E-state index is 13.2. The van der Waals surface area contributed by atoms with Crippen molar-refractivity contribution in [1.29, 1.82) is 0 Å². The van der Waals surface area contributed by atoms with Crippen LogP contribution in [0, 0.1) is 5.82 Å². The molecular formula is C14H9F4NO. The van der Waals surface area contributed by atoms with Crippen molar-refractivity contribution in [3.05, 3.63) is 71.0 Å². The Morgan fingerprint density at radius 2 is 1.60 bits per heavy atom. The molecule has 2 aromatic rings. The number of rotatable bonds is 2. The first-order valence-electron chi connectivity index (χ1n) is 5.58. The van der Waals surface area contributed by atoms with E-state index in [-0.39, 0.29) is 11.3 Å². The molecule has 0 aliphatic rings. The summed E-state index contributed by atoms with van der Waals surface area (Å²) in [5, 5.41) is 12.0. The highest BCUT2D eigenvalue weighted by Crippen LogP contribution is 2.32. The molecule has 0 aromatic heterocycles. The smallest absolute Gasteiger partial charge is 0.410 e. The Morgan fingerprint density at radius 1 is 0.950 bits per heavy atom. The van der Waals surface area contributed by atoms with Crippen LogP contribution in [0.4, 0.5) is 17.6 Å². The van der Waals surface area contributed by atoms with Crippen LogP contribution >= 0.6 is 0 Å². The maximum Gasteiger partial charge on any atom is 0.419 e. The lowest BCUT2D eigenvalue weighted by molar-refractivity contribution is -0.140. The summed E-state index contributed by atoms with van der Waals surface area (Å²) >= 11 is 0. The van der Waals surface area contributed by atoms with Crippen LogP contribution in [-0.2, 0) is 6.18 Å². The second-order valence-corrected chi connectivity index (χ2v) is 4.01. The second-order valence-electron chi connectivity index (χ2n) is 4.01. The average molecular weight is 283 g/mol. The fraction of sp³-hybridized carbons (Fsp3) is 0.0714. The summed E-state index contributed by atoms with van der Waals surface area (Å²) in [6.07, 6.45) is -4.81. The van der Waals surface area contributed by atoms with E-state index in [1.54, 1.807) is 30.3 Å². The van der Waals surface area contributed by atoms with Crippen molar-refractivity contribution < 1.29 is 22.8 Å². The number of oxime groups is 1. The van der Waals surface area contributed by atoms with Crippen molar-refractivity contribution in [2.75, 3.05) is 0 Å². The molecule has 0 radical (unpaired) electrons. The minimum atomic E-state index is -4.81. The van der Waals surface area contributed by atoms with E-state index in [9.17, 15) is 17.6 Å². The van der Waals surface area contributed by atoms with Gasteiger partial charge in [0.05, 0.1) is 5.56 Å². The average Bonchev–Trinajstić information content (AvgIpc) is 2.41. The van der Waals surface area contributed by atoms with Crippen LogP contribution in [0.1, 0.15) is 16.7 Å². The molecule has 0 amide bonds. The van der Waals surface area contributed by atoms with Crippen molar-refractivity contribution in [2.45, 2.75) is 6.18 Å². The van der Waals surface area contributed by atoms with Crippen molar-refractivity contribution in [2.24, 2.45) is 5.16 Å². The molecule has 0 saturated carbocycles. The largest absolute Gasteiger partial charge is 0.419 e. The first-order valence-corrected chi connectivity index (χ1v) is 5.58. The van der Waals surface area contributed by atoms with Crippen LogP contribution in [0.15, 0.2) is 53.7 Å². The van der Waals surface area contributed by atoms with E-state index in [1.807, 2.05) is 0 Å². The first-order chi connectivity index (χ1) is 9.43. The molecule has 0 unspecified atom stereocenters. The molecule has 0 aliphatic heterocycles. The van der Waals surface area contributed by atoms with Gasteiger partial charge in [-0.1, -0.05) is 35.5 Å². The number of nitrogens with zero attached hydrogens (tertiary/aromatic N) is 1. The lowest BCUT2D eigenvalue weighted by Gasteiger charge is -2.11. The highest BCUT2D eigenvalue weighted by atomic mass is 19.4. The molecule has 2 rings (SSSR count). The van der Waals surface area contributed by atoms with Crippen molar-refractivity contribution in [1.82, 2.24) is 0 Å². The van der Waals surface area contributed by atoms with Gasteiger partial charge in [0.1, 0.15) is 11.5 Å². The zero-order valence-electron chi connectivity index (χ0n) is 10.0. The third kappa shape index (κ3) is 2.79. The van der Waals surface area contributed by atoms with Crippen LogP contribution < -0.4 is 0 Å². The second kappa shape index (κ2) is 5.32. The Hall–Kier alpha value is -2.37. The zero-order valence-corrected chi connectivity index (χ0v) is 10.0. The normalized spacial score (nSPS) is 12.5. The molecule has 0 aliphatic carbocycles. The Kier molecular flexibility index (Phi) is 3.74. The van der Waals surface area contributed by atoms with Crippen molar-refractivity contribution in [3.8, 4) is 0 Å². The molecule has 0 fully saturated rings. The van der Waals surface area contributed by atoms with Gasteiger partial charge in [0.2, 0.25) is 0 Å². The van der Waals surface area contributed by atoms with Crippen LogP contribution in [0.25, 0.3) is 0 Å². The molecule has 20 heavy (non-hydrogen) atoms. The van der Waals surface area contributed by atoms with Crippen molar-refractivity contribution in [3.63, 3.8) is 0 Å². The molecule has 1 N–H and O–H groups in total. The molecule has 0 heterocycles.